The topological polar surface area (TPSA) is 130 Å². The molecule has 3 aromatic carbocycles. The molecule has 3 aromatic rings. The quantitative estimate of drug-likeness (QED) is 0.341. The third-order valence-corrected chi connectivity index (χ3v) is 6.76. The number of aliphatic carboxylic acids is 1. The van der Waals surface area contributed by atoms with Crippen molar-refractivity contribution in [1.82, 2.24) is 0 Å². The van der Waals surface area contributed by atoms with Gasteiger partial charge in [0.15, 0.2) is 18.1 Å². The molecule has 0 amide bonds. The van der Waals surface area contributed by atoms with Gasteiger partial charge in [-0.2, -0.15) is 0 Å². The number of ether oxygens (including phenoxy) is 6. The van der Waals surface area contributed by atoms with Gasteiger partial charge >= 0.3 is 12.1 Å². The maximum atomic E-state index is 12.0. The van der Waals surface area contributed by atoms with E-state index in [1.54, 1.807) is 24.3 Å². The van der Waals surface area contributed by atoms with Crippen LogP contribution in [0.15, 0.2) is 54.6 Å². The Bertz CT molecular complexity index is 1380. The van der Waals surface area contributed by atoms with E-state index in [2.05, 4.69) is 0 Å². The second-order valence-electron chi connectivity index (χ2n) is 9.14. The van der Waals surface area contributed by atoms with E-state index in [4.69, 9.17) is 28.4 Å². The first-order valence-electron chi connectivity index (χ1n) is 12.5. The molecule has 10 nitrogen and oxygen atoms in total. The van der Waals surface area contributed by atoms with Gasteiger partial charge in [-0.15, -0.1) is 0 Å². The van der Waals surface area contributed by atoms with Gasteiger partial charge in [-0.05, 0) is 53.4 Å². The lowest BCUT2D eigenvalue weighted by atomic mass is 9.86. The molecule has 0 spiro atoms. The number of carbonyl (C=O) groups is 2. The highest BCUT2D eigenvalue weighted by molar-refractivity contribution is 5.69. The molecule has 0 saturated carbocycles. The van der Waals surface area contributed by atoms with Crippen LogP contribution in [0.4, 0.5) is 4.79 Å². The van der Waals surface area contributed by atoms with Crippen LogP contribution in [0.1, 0.15) is 47.4 Å². The first-order chi connectivity index (χ1) is 18.9. The Morgan fingerprint density at radius 1 is 0.872 bits per heavy atom. The molecule has 0 aromatic heterocycles. The van der Waals surface area contributed by atoms with Gasteiger partial charge in [0.05, 0.1) is 19.6 Å². The summed E-state index contributed by atoms with van der Waals surface area (Å²) in [6.07, 6.45) is -1.54. The lowest BCUT2D eigenvalue weighted by Gasteiger charge is -2.26. The summed E-state index contributed by atoms with van der Waals surface area (Å²) < 4.78 is 33.6. The molecule has 0 bridgehead atoms. The minimum atomic E-state index is -1.44. The molecule has 1 aliphatic carbocycles. The number of benzene rings is 3. The highest BCUT2D eigenvalue weighted by atomic mass is 16.7. The predicted octanol–water partition coefficient (Wildman–Crippen LogP) is 5.02. The number of rotatable bonds is 10. The SMILES string of the molecule is CCCOc1ccc2c(c1)C(c1ccc(OC)cc1OCC(=O)O)C(OC(=O)O)C2c1ccc2c(c1)OCO2. The van der Waals surface area contributed by atoms with Crippen LogP contribution in [-0.2, 0) is 9.53 Å². The molecule has 5 rings (SSSR count). The van der Waals surface area contributed by atoms with E-state index in [0.29, 0.717) is 35.2 Å². The zero-order valence-corrected chi connectivity index (χ0v) is 21.4. The van der Waals surface area contributed by atoms with Gasteiger partial charge in [-0.3, -0.25) is 0 Å². The average molecular weight is 537 g/mol. The van der Waals surface area contributed by atoms with Crippen LogP contribution in [0.2, 0.25) is 0 Å². The Kier molecular flexibility index (Phi) is 7.36. The van der Waals surface area contributed by atoms with Crippen molar-refractivity contribution in [1.29, 1.82) is 0 Å². The standard InChI is InChI=1S/C29H28O10/c1-3-10-35-18-6-7-19-21(12-18)27(20-8-5-17(34-2)13-23(20)36-14-25(30)31)28(39-29(32)33)26(19)16-4-9-22-24(11-16)38-15-37-22/h4-9,11-13,26-28H,3,10,14-15H2,1-2H3,(H,30,31)(H,32,33). The minimum Gasteiger partial charge on any atom is -0.497 e. The van der Waals surface area contributed by atoms with Crippen LogP contribution in [0.3, 0.4) is 0 Å². The van der Waals surface area contributed by atoms with Crippen LogP contribution in [0.25, 0.3) is 0 Å². The highest BCUT2D eigenvalue weighted by Crippen LogP contribution is 2.53. The molecule has 3 unspecified atom stereocenters. The molecular weight excluding hydrogens is 508 g/mol. The highest BCUT2D eigenvalue weighted by Gasteiger charge is 2.46. The Balaban J connectivity index is 1.69. The summed E-state index contributed by atoms with van der Waals surface area (Å²) in [5.74, 6) is 0.191. The number of methoxy groups -OCH3 is 1. The van der Waals surface area contributed by atoms with E-state index in [-0.39, 0.29) is 12.5 Å². The van der Waals surface area contributed by atoms with Gasteiger partial charge in [-0.25, -0.2) is 9.59 Å². The first kappa shape index (κ1) is 26.0. The summed E-state index contributed by atoms with van der Waals surface area (Å²) in [5, 5.41) is 19.1. The zero-order chi connectivity index (χ0) is 27.5. The van der Waals surface area contributed by atoms with Crippen molar-refractivity contribution in [2.75, 3.05) is 27.1 Å². The van der Waals surface area contributed by atoms with Crippen molar-refractivity contribution in [2.24, 2.45) is 0 Å². The van der Waals surface area contributed by atoms with Crippen molar-refractivity contribution in [3.8, 4) is 28.7 Å². The van der Waals surface area contributed by atoms with Crippen LogP contribution in [0.5, 0.6) is 28.7 Å². The Morgan fingerprint density at radius 2 is 1.64 bits per heavy atom. The third kappa shape index (κ3) is 5.22. The summed E-state index contributed by atoms with van der Waals surface area (Å²) in [6, 6.07) is 16.2. The fourth-order valence-corrected chi connectivity index (χ4v) is 5.20. The van der Waals surface area contributed by atoms with Crippen molar-refractivity contribution in [2.45, 2.75) is 31.3 Å². The predicted molar refractivity (Wildman–Crippen MR) is 138 cm³/mol. The molecule has 0 fully saturated rings. The lowest BCUT2D eigenvalue weighted by molar-refractivity contribution is -0.139. The van der Waals surface area contributed by atoms with Gasteiger partial charge in [0.2, 0.25) is 6.79 Å². The molecular formula is C29H28O10. The van der Waals surface area contributed by atoms with E-state index in [1.807, 2.05) is 37.3 Å². The maximum absolute atomic E-state index is 12.0. The van der Waals surface area contributed by atoms with Crippen molar-refractivity contribution in [3.05, 3.63) is 76.9 Å². The molecule has 1 heterocycles. The summed E-state index contributed by atoms with van der Waals surface area (Å²) in [5.41, 5.74) is 2.95. The van der Waals surface area contributed by atoms with E-state index in [9.17, 15) is 19.8 Å². The fourth-order valence-electron chi connectivity index (χ4n) is 5.20. The van der Waals surface area contributed by atoms with E-state index in [0.717, 1.165) is 23.1 Å². The molecule has 2 N–H and O–H groups in total. The summed E-state index contributed by atoms with van der Waals surface area (Å²) >= 11 is 0. The fraction of sp³-hybridized carbons (Fsp3) is 0.310. The largest absolute Gasteiger partial charge is 0.506 e. The molecule has 204 valence electrons. The van der Waals surface area contributed by atoms with E-state index >= 15 is 0 Å². The van der Waals surface area contributed by atoms with Crippen LogP contribution < -0.4 is 23.7 Å². The number of carboxylic acids is 1. The summed E-state index contributed by atoms with van der Waals surface area (Å²) in [6.45, 7) is 2.03. The Labute approximate surface area is 224 Å². The summed E-state index contributed by atoms with van der Waals surface area (Å²) in [4.78, 5) is 23.4. The number of fused-ring (bicyclic) bond motifs is 2. The summed E-state index contributed by atoms with van der Waals surface area (Å²) in [7, 11) is 1.49. The van der Waals surface area contributed by atoms with Gasteiger partial charge in [0, 0.05) is 17.5 Å². The molecule has 2 aliphatic rings. The van der Waals surface area contributed by atoms with Crippen LogP contribution in [0, 0.1) is 0 Å². The van der Waals surface area contributed by atoms with Gasteiger partial charge in [0.25, 0.3) is 0 Å². The number of hydrogen-bond acceptors (Lipinski definition) is 8. The van der Waals surface area contributed by atoms with Crippen LogP contribution >= 0.6 is 0 Å². The van der Waals surface area contributed by atoms with E-state index < -0.39 is 36.7 Å². The van der Waals surface area contributed by atoms with Gasteiger partial charge in [0.1, 0.15) is 23.4 Å². The molecule has 39 heavy (non-hydrogen) atoms. The monoisotopic (exact) mass is 536 g/mol. The minimum absolute atomic E-state index is 0.103. The van der Waals surface area contributed by atoms with Gasteiger partial charge in [-0.1, -0.05) is 25.1 Å². The molecule has 1 aliphatic heterocycles. The van der Waals surface area contributed by atoms with Crippen LogP contribution in [-0.4, -0.2) is 55.6 Å². The number of carboxylic acid groups (broad SMARTS) is 2. The third-order valence-electron chi connectivity index (χ3n) is 6.76. The Hall–Kier alpha value is -4.60. The molecule has 0 radical (unpaired) electrons. The lowest BCUT2D eigenvalue weighted by Crippen LogP contribution is -2.27. The second kappa shape index (κ2) is 11.0. The normalized spacial score (nSPS) is 18.8. The smallest absolute Gasteiger partial charge is 0.497 e. The van der Waals surface area contributed by atoms with Crippen molar-refractivity contribution >= 4 is 12.1 Å². The van der Waals surface area contributed by atoms with E-state index in [1.165, 1.54) is 7.11 Å². The maximum Gasteiger partial charge on any atom is 0.506 e. The second-order valence-corrected chi connectivity index (χ2v) is 9.14. The molecule has 0 saturated heterocycles. The Morgan fingerprint density at radius 3 is 2.38 bits per heavy atom. The van der Waals surface area contributed by atoms with Crippen molar-refractivity contribution < 1.29 is 48.2 Å². The first-order valence-corrected chi connectivity index (χ1v) is 12.5. The van der Waals surface area contributed by atoms with Crippen molar-refractivity contribution in [3.63, 3.8) is 0 Å². The van der Waals surface area contributed by atoms with Gasteiger partial charge < -0.3 is 38.6 Å². The molecule has 3 atom stereocenters. The number of hydrogen-bond donors (Lipinski definition) is 2. The average Bonchev–Trinajstić information content (AvgIpc) is 3.51. The zero-order valence-electron chi connectivity index (χ0n) is 21.4. The molecule has 10 heteroatoms.